The summed E-state index contributed by atoms with van der Waals surface area (Å²) in [7, 11) is 0. The van der Waals surface area contributed by atoms with Gasteiger partial charge in [0.05, 0.1) is 35.8 Å². The monoisotopic (exact) mass is 659 g/mol. The van der Waals surface area contributed by atoms with Gasteiger partial charge in [0, 0.05) is 29.7 Å². The Bertz CT molecular complexity index is 1530. The van der Waals surface area contributed by atoms with E-state index in [1.54, 1.807) is 38.6 Å². The van der Waals surface area contributed by atoms with Crippen molar-refractivity contribution in [2.24, 2.45) is 23.7 Å². The Morgan fingerprint density at radius 3 is 2.34 bits per heavy atom. The zero-order valence-electron chi connectivity index (χ0n) is 28.5. The zero-order chi connectivity index (χ0) is 34.2. The number of fused-ring (bicyclic) bond motifs is 1. The molecular weight excluding hydrogens is 611 g/mol. The van der Waals surface area contributed by atoms with E-state index in [1.165, 1.54) is 0 Å². The average Bonchev–Trinajstić information content (AvgIpc) is 3.64. The van der Waals surface area contributed by atoms with Gasteiger partial charge in [-0.05, 0) is 80.5 Å². The molecule has 3 heterocycles. The van der Waals surface area contributed by atoms with Crippen LogP contribution in [-0.4, -0.2) is 76.1 Å². The van der Waals surface area contributed by atoms with Crippen LogP contribution < -0.4 is 14.5 Å². The van der Waals surface area contributed by atoms with Crippen LogP contribution in [0.3, 0.4) is 0 Å². The van der Waals surface area contributed by atoms with Gasteiger partial charge in [0.1, 0.15) is 11.8 Å². The molecule has 2 aromatic rings. The molecule has 3 unspecified atom stereocenters. The highest BCUT2D eigenvalue weighted by atomic mass is 32.2. The van der Waals surface area contributed by atoms with Crippen molar-refractivity contribution in [3.8, 4) is 5.75 Å². The number of aliphatic hydroxyl groups excluding tert-OH is 1. The summed E-state index contributed by atoms with van der Waals surface area (Å²) < 4.78 is 4.79. The second kappa shape index (κ2) is 13.9. The molecule has 2 bridgehead atoms. The van der Waals surface area contributed by atoms with Gasteiger partial charge in [-0.3, -0.25) is 14.4 Å². The van der Waals surface area contributed by atoms with Crippen molar-refractivity contribution >= 4 is 40.9 Å². The van der Waals surface area contributed by atoms with Crippen molar-refractivity contribution in [2.45, 2.75) is 70.0 Å². The van der Waals surface area contributed by atoms with Crippen LogP contribution in [0.5, 0.6) is 5.75 Å². The van der Waals surface area contributed by atoms with E-state index < -0.39 is 28.7 Å². The predicted molar refractivity (Wildman–Crippen MR) is 190 cm³/mol. The molecule has 1 spiro atoms. The molecule has 3 aliphatic rings. The van der Waals surface area contributed by atoms with Crippen LogP contribution in [-0.2, 0) is 14.4 Å². The highest BCUT2D eigenvalue weighted by Gasteiger charge is 2.77. The minimum atomic E-state index is -0.861. The summed E-state index contributed by atoms with van der Waals surface area (Å²) in [6, 6.07) is 12.0. The van der Waals surface area contributed by atoms with Crippen LogP contribution in [0.15, 0.2) is 67.8 Å². The molecule has 7 atom stereocenters. The number of rotatable bonds is 13. The summed E-state index contributed by atoms with van der Waals surface area (Å²) >= 11 is 1.64. The highest BCUT2D eigenvalue weighted by Crippen LogP contribution is 2.69. The summed E-state index contributed by atoms with van der Waals surface area (Å²) in [6.45, 7) is 20.6. The molecule has 0 aliphatic carbocycles. The van der Waals surface area contributed by atoms with Crippen molar-refractivity contribution in [1.29, 1.82) is 0 Å². The molecule has 5 rings (SSSR count). The number of anilines is 2. The number of amides is 3. The van der Waals surface area contributed by atoms with Gasteiger partial charge in [-0.15, -0.1) is 24.9 Å². The fraction of sp³-hybridized carbons (Fsp3) is 0.500. The van der Waals surface area contributed by atoms with Crippen molar-refractivity contribution < 1.29 is 24.2 Å². The minimum absolute atomic E-state index is 0.0107. The van der Waals surface area contributed by atoms with Crippen molar-refractivity contribution in [1.82, 2.24) is 4.90 Å². The zero-order valence-corrected chi connectivity index (χ0v) is 29.3. The molecule has 3 amide bonds. The molecule has 47 heavy (non-hydrogen) atoms. The predicted octanol–water partition coefficient (Wildman–Crippen LogP) is 5.79. The maximum Gasteiger partial charge on any atom is 0.251 e. The van der Waals surface area contributed by atoms with Crippen molar-refractivity contribution in [3.63, 3.8) is 0 Å². The molecule has 0 radical (unpaired) electrons. The quantitative estimate of drug-likeness (QED) is 0.274. The molecular formula is C38H49N3O5S. The number of carbonyl (C=O) groups excluding carboxylic acids is 3. The van der Waals surface area contributed by atoms with Gasteiger partial charge < -0.3 is 24.5 Å². The lowest BCUT2D eigenvalue weighted by molar-refractivity contribution is -0.142. The average molecular weight is 660 g/mol. The topological polar surface area (TPSA) is 90.4 Å². The molecule has 1 N–H and O–H groups in total. The van der Waals surface area contributed by atoms with Gasteiger partial charge in [-0.2, -0.15) is 0 Å². The van der Waals surface area contributed by atoms with E-state index in [1.807, 2.05) is 77.1 Å². The largest absolute Gasteiger partial charge is 0.494 e. The minimum Gasteiger partial charge on any atom is -0.494 e. The first-order chi connectivity index (χ1) is 22.5. The van der Waals surface area contributed by atoms with Crippen LogP contribution in [0, 0.1) is 37.5 Å². The van der Waals surface area contributed by atoms with E-state index in [2.05, 4.69) is 20.1 Å². The lowest BCUT2D eigenvalue weighted by Crippen LogP contribution is -2.60. The van der Waals surface area contributed by atoms with Gasteiger partial charge in [0.15, 0.2) is 0 Å². The van der Waals surface area contributed by atoms with Gasteiger partial charge in [0.25, 0.3) is 5.91 Å². The van der Waals surface area contributed by atoms with E-state index in [9.17, 15) is 14.7 Å². The molecule has 2 aromatic carbocycles. The molecule has 3 fully saturated rings. The Labute approximate surface area is 283 Å². The van der Waals surface area contributed by atoms with Gasteiger partial charge in [-0.25, -0.2) is 0 Å². The first kappa shape index (κ1) is 34.8. The molecule has 252 valence electrons. The fourth-order valence-electron chi connectivity index (χ4n) is 8.11. The van der Waals surface area contributed by atoms with Gasteiger partial charge in [-0.1, -0.05) is 45.1 Å². The smallest absolute Gasteiger partial charge is 0.251 e. The maximum absolute atomic E-state index is 15.2. The number of thioether (sulfide) groups is 1. The number of nitrogens with zero attached hydrogens (tertiary/aromatic N) is 3. The van der Waals surface area contributed by atoms with Crippen LogP contribution in [0.25, 0.3) is 0 Å². The van der Waals surface area contributed by atoms with E-state index in [0.717, 1.165) is 16.8 Å². The lowest BCUT2D eigenvalue weighted by Gasteiger charge is -2.43. The Morgan fingerprint density at radius 1 is 1.09 bits per heavy atom. The van der Waals surface area contributed by atoms with Crippen LogP contribution in [0.4, 0.5) is 11.4 Å². The number of benzene rings is 2. The second-order valence-electron chi connectivity index (χ2n) is 13.5. The van der Waals surface area contributed by atoms with Crippen molar-refractivity contribution in [2.75, 3.05) is 36.1 Å². The molecule has 3 saturated heterocycles. The Hall–Kier alpha value is -3.56. The number of hydrogen-bond donors (Lipinski definition) is 1. The molecule has 0 saturated carbocycles. The van der Waals surface area contributed by atoms with Gasteiger partial charge in [0.2, 0.25) is 11.8 Å². The number of aryl methyl sites for hydroxylation is 2. The Balaban J connectivity index is 1.63. The summed E-state index contributed by atoms with van der Waals surface area (Å²) in [5.41, 5.74) is 3.44. The second-order valence-corrected chi connectivity index (χ2v) is 15.0. The number of carbonyl (C=O) groups is 3. The lowest BCUT2D eigenvalue weighted by atomic mass is 9.65. The van der Waals surface area contributed by atoms with E-state index in [0.29, 0.717) is 24.5 Å². The van der Waals surface area contributed by atoms with E-state index >= 15 is 4.79 Å². The summed E-state index contributed by atoms with van der Waals surface area (Å²) in [5, 5.41) is 10.6. The van der Waals surface area contributed by atoms with E-state index in [-0.39, 0.29) is 54.5 Å². The fourth-order valence-corrected chi connectivity index (χ4v) is 10.5. The Morgan fingerprint density at radius 2 is 1.74 bits per heavy atom. The summed E-state index contributed by atoms with van der Waals surface area (Å²) in [5.74, 6) is -1.32. The summed E-state index contributed by atoms with van der Waals surface area (Å²) in [4.78, 5) is 49.9. The molecule has 0 aromatic heterocycles. The SMILES string of the molecule is C=CCN(C(=O)[C@@H]1[C@H]2C(=O)N([C@@H](CO)C(C)C)C(C(=O)N(CC=C)c3cc(C)ccc3C)C23S[C@@H]1CC3C)c1ccc(OCC)cc1. The highest BCUT2D eigenvalue weighted by molar-refractivity contribution is 8.02. The van der Waals surface area contributed by atoms with Crippen LogP contribution in [0.2, 0.25) is 0 Å². The normalized spacial score (nSPS) is 26.7. The molecule has 3 aliphatic heterocycles. The van der Waals surface area contributed by atoms with Gasteiger partial charge >= 0.3 is 0 Å². The first-order valence-electron chi connectivity index (χ1n) is 16.7. The third-order valence-corrected chi connectivity index (χ3v) is 12.4. The first-order valence-corrected chi connectivity index (χ1v) is 17.6. The Kier molecular flexibility index (Phi) is 10.3. The van der Waals surface area contributed by atoms with Crippen molar-refractivity contribution in [3.05, 3.63) is 78.9 Å². The van der Waals surface area contributed by atoms with Crippen LogP contribution in [0.1, 0.15) is 45.2 Å². The molecule has 8 nitrogen and oxygen atoms in total. The maximum atomic E-state index is 15.2. The number of likely N-dealkylation sites (tertiary alicyclic amines) is 1. The number of ether oxygens (including phenoxy) is 1. The molecule has 9 heteroatoms. The standard InChI is InChI=1S/C38H49N3O5S/c1-9-18-39(27-14-16-28(17-15-27)46-11-3)35(43)32-31-21-26(8)38(47-31)33(32)36(44)41(30(22-42)23(4)5)34(38)37(45)40(19-10-2)29-20-24(6)12-13-25(29)7/h9-10,12-17,20,23,26,30-34,42H,1-2,11,18-19,21-22H2,3-8H3/t26?,30-,31+,32-,33-,34?,38?/m0/s1. The third kappa shape index (κ3) is 5.79. The number of hydrogen-bond acceptors (Lipinski definition) is 6. The third-order valence-electron chi connectivity index (χ3n) is 10.3. The summed E-state index contributed by atoms with van der Waals surface area (Å²) in [6.07, 6.45) is 4.12. The number of aliphatic hydroxyl groups is 1. The van der Waals surface area contributed by atoms with E-state index in [4.69, 9.17) is 4.74 Å². The van der Waals surface area contributed by atoms with Crippen LogP contribution >= 0.6 is 11.8 Å².